The molecule has 2 rings (SSSR count). The van der Waals surface area contributed by atoms with Crippen molar-refractivity contribution in [1.82, 2.24) is 5.32 Å². The van der Waals surface area contributed by atoms with Gasteiger partial charge in [-0.3, -0.25) is 0 Å². The SMILES string of the molecule is C[C@@H]1[C@H](C)CCC[C@H]1NCc1ccccc1. The van der Waals surface area contributed by atoms with Crippen LogP contribution in [0.5, 0.6) is 0 Å². The van der Waals surface area contributed by atoms with Crippen LogP contribution >= 0.6 is 0 Å². The molecule has 0 aromatic heterocycles. The standard InChI is InChI=1S/C15H23N/c1-12-7-6-10-15(13(12)2)16-11-14-8-4-3-5-9-14/h3-5,8-9,12-13,15-16H,6-7,10-11H2,1-2H3/t12-,13-,15-/m1/s1. The van der Waals surface area contributed by atoms with E-state index in [9.17, 15) is 0 Å². The summed E-state index contributed by atoms with van der Waals surface area (Å²) in [7, 11) is 0. The molecular formula is C15H23N. The molecule has 1 aliphatic carbocycles. The van der Waals surface area contributed by atoms with Gasteiger partial charge >= 0.3 is 0 Å². The first-order chi connectivity index (χ1) is 7.77. The molecule has 0 unspecified atom stereocenters. The molecule has 0 spiro atoms. The molecule has 1 aromatic carbocycles. The highest BCUT2D eigenvalue weighted by molar-refractivity contribution is 5.14. The van der Waals surface area contributed by atoms with Gasteiger partial charge in [-0.1, -0.05) is 57.0 Å². The van der Waals surface area contributed by atoms with Gasteiger partial charge in [0.05, 0.1) is 0 Å². The summed E-state index contributed by atoms with van der Waals surface area (Å²) in [5, 5.41) is 3.72. The molecule has 0 radical (unpaired) electrons. The van der Waals surface area contributed by atoms with Crippen molar-refractivity contribution in [2.75, 3.05) is 0 Å². The Bertz CT molecular complexity index is 306. The lowest BCUT2D eigenvalue weighted by molar-refractivity contribution is 0.206. The summed E-state index contributed by atoms with van der Waals surface area (Å²) in [6.07, 6.45) is 4.14. The second kappa shape index (κ2) is 5.49. The smallest absolute Gasteiger partial charge is 0.0208 e. The third kappa shape index (κ3) is 2.85. The van der Waals surface area contributed by atoms with Crippen LogP contribution in [0.1, 0.15) is 38.7 Å². The van der Waals surface area contributed by atoms with E-state index in [0.29, 0.717) is 6.04 Å². The maximum Gasteiger partial charge on any atom is 0.0208 e. The van der Waals surface area contributed by atoms with Crippen molar-refractivity contribution >= 4 is 0 Å². The Hall–Kier alpha value is -0.820. The number of nitrogens with one attached hydrogen (secondary N) is 1. The first kappa shape index (κ1) is 11.7. The minimum absolute atomic E-state index is 0.712. The molecule has 1 heteroatoms. The van der Waals surface area contributed by atoms with E-state index in [2.05, 4.69) is 49.5 Å². The fraction of sp³-hybridized carbons (Fsp3) is 0.600. The predicted molar refractivity (Wildman–Crippen MR) is 69.2 cm³/mol. The quantitative estimate of drug-likeness (QED) is 0.815. The predicted octanol–water partition coefficient (Wildman–Crippen LogP) is 3.60. The van der Waals surface area contributed by atoms with Gasteiger partial charge in [-0.25, -0.2) is 0 Å². The number of rotatable bonds is 3. The summed E-state index contributed by atoms with van der Waals surface area (Å²) in [6, 6.07) is 11.4. The van der Waals surface area contributed by atoms with E-state index in [1.165, 1.54) is 24.8 Å². The number of hydrogen-bond acceptors (Lipinski definition) is 1. The van der Waals surface area contributed by atoms with E-state index in [4.69, 9.17) is 0 Å². The summed E-state index contributed by atoms with van der Waals surface area (Å²) in [5.41, 5.74) is 1.40. The van der Waals surface area contributed by atoms with Crippen LogP contribution in [0.4, 0.5) is 0 Å². The Morgan fingerprint density at radius 3 is 2.62 bits per heavy atom. The Morgan fingerprint density at radius 1 is 1.12 bits per heavy atom. The van der Waals surface area contributed by atoms with Gasteiger partial charge in [0.2, 0.25) is 0 Å². The van der Waals surface area contributed by atoms with Crippen molar-refractivity contribution in [3.8, 4) is 0 Å². The van der Waals surface area contributed by atoms with Crippen LogP contribution < -0.4 is 5.32 Å². The maximum absolute atomic E-state index is 3.72. The van der Waals surface area contributed by atoms with Crippen molar-refractivity contribution < 1.29 is 0 Å². The molecule has 0 bridgehead atoms. The van der Waals surface area contributed by atoms with Gasteiger partial charge in [-0.05, 0) is 23.8 Å². The summed E-state index contributed by atoms with van der Waals surface area (Å²) in [4.78, 5) is 0. The highest BCUT2D eigenvalue weighted by atomic mass is 14.9. The monoisotopic (exact) mass is 217 g/mol. The van der Waals surface area contributed by atoms with E-state index in [1.54, 1.807) is 0 Å². The third-order valence-corrected chi connectivity index (χ3v) is 4.12. The molecule has 1 saturated carbocycles. The second-order valence-corrected chi connectivity index (χ2v) is 5.24. The Labute approximate surface area is 99.3 Å². The average Bonchev–Trinajstić information content (AvgIpc) is 2.32. The van der Waals surface area contributed by atoms with Crippen LogP contribution in [0.15, 0.2) is 30.3 Å². The minimum atomic E-state index is 0.712. The van der Waals surface area contributed by atoms with Crippen LogP contribution in [0.2, 0.25) is 0 Å². The minimum Gasteiger partial charge on any atom is -0.310 e. The Morgan fingerprint density at radius 2 is 1.88 bits per heavy atom. The van der Waals surface area contributed by atoms with Crippen molar-refractivity contribution in [2.45, 2.75) is 45.7 Å². The summed E-state index contributed by atoms with van der Waals surface area (Å²) in [5.74, 6) is 1.69. The molecule has 0 heterocycles. The summed E-state index contributed by atoms with van der Waals surface area (Å²) >= 11 is 0. The van der Waals surface area contributed by atoms with Gasteiger partial charge in [0.15, 0.2) is 0 Å². The van der Waals surface area contributed by atoms with Gasteiger partial charge < -0.3 is 5.32 Å². The highest BCUT2D eigenvalue weighted by Gasteiger charge is 2.26. The fourth-order valence-electron chi connectivity index (χ4n) is 2.71. The van der Waals surface area contributed by atoms with Crippen molar-refractivity contribution in [2.24, 2.45) is 11.8 Å². The van der Waals surface area contributed by atoms with Crippen LogP contribution in [-0.4, -0.2) is 6.04 Å². The van der Waals surface area contributed by atoms with E-state index in [1.807, 2.05) is 0 Å². The zero-order valence-electron chi connectivity index (χ0n) is 10.4. The normalized spacial score (nSPS) is 30.2. The molecule has 3 atom stereocenters. The lowest BCUT2D eigenvalue weighted by Crippen LogP contribution is -2.40. The maximum atomic E-state index is 3.72. The van der Waals surface area contributed by atoms with Crippen molar-refractivity contribution in [3.05, 3.63) is 35.9 Å². The molecule has 1 fully saturated rings. The topological polar surface area (TPSA) is 12.0 Å². The van der Waals surface area contributed by atoms with Crippen LogP contribution in [0.3, 0.4) is 0 Å². The van der Waals surface area contributed by atoms with Gasteiger partial charge in [0.25, 0.3) is 0 Å². The zero-order valence-corrected chi connectivity index (χ0v) is 10.4. The molecule has 1 nitrogen and oxygen atoms in total. The Kier molecular flexibility index (Phi) is 4.00. The molecule has 0 aliphatic heterocycles. The fourth-order valence-corrected chi connectivity index (χ4v) is 2.71. The third-order valence-electron chi connectivity index (χ3n) is 4.12. The van der Waals surface area contributed by atoms with E-state index >= 15 is 0 Å². The lowest BCUT2D eigenvalue weighted by Gasteiger charge is -2.34. The van der Waals surface area contributed by atoms with E-state index in [0.717, 1.165) is 18.4 Å². The summed E-state index contributed by atoms with van der Waals surface area (Å²) in [6.45, 7) is 5.80. The van der Waals surface area contributed by atoms with Crippen LogP contribution in [0, 0.1) is 11.8 Å². The largest absolute Gasteiger partial charge is 0.310 e. The molecule has 88 valence electrons. The first-order valence-corrected chi connectivity index (χ1v) is 6.54. The lowest BCUT2D eigenvalue weighted by atomic mass is 9.78. The second-order valence-electron chi connectivity index (χ2n) is 5.24. The molecule has 1 aliphatic rings. The van der Waals surface area contributed by atoms with Gasteiger partial charge in [-0.2, -0.15) is 0 Å². The molecule has 0 saturated heterocycles. The first-order valence-electron chi connectivity index (χ1n) is 6.54. The van der Waals surface area contributed by atoms with Gasteiger partial charge in [-0.15, -0.1) is 0 Å². The summed E-state index contributed by atoms with van der Waals surface area (Å²) < 4.78 is 0. The highest BCUT2D eigenvalue weighted by Crippen LogP contribution is 2.29. The zero-order chi connectivity index (χ0) is 11.4. The Balaban J connectivity index is 1.85. The van der Waals surface area contributed by atoms with Gasteiger partial charge in [0, 0.05) is 12.6 Å². The number of benzene rings is 1. The molecule has 1 aromatic rings. The van der Waals surface area contributed by atoms with Crippen molar-refractivity contribution in [3.63, 3.8) is 0 Å². The molecule has 1 N–H and O–H groups in total. The average molecular weight is 217 g/mol. The van der Waals surface area contributed by atoms with Gasteiger partial charge in [0.1, 0.15) is 0 Å². The van der Waals surface area contributed by atoms with E-state index < -0.39 is 0 Å². The molecule has 0 amide bonds. The van der Waals surface area contributed by atoms with E-state index in [-0.39, 0.29) is 0 Å². The molecular weight excluding hydrogens is 194 g/mol. The molecule has 16 heavy (non-hydrogen) atoms. The number of hydrogen-bond donors (Lipinski definition) is 1. The van der Waals surface area contributed by atoms with Crippen LogP contribution in [-0.2, 0) is 6.54 Å². The van der Waals surface area contributed by atoms with Crippen LogP contribution in [0.25, 0.3) is 0 Å². The van der Waals surface area contributed by atoms with Crippen molar-refractivity contribution in [1.29, 1.82) is 0 Å².